The number of nitrogens with zero attached hydrogens (tertiary/aromatic N) is 2. The predicted octanol–water partition coefficient (Wildman–Crippen LogP) is 4.89. The zero-order chi connectivity index (χ0) is 24.6. The van der Waals surface area contributed by atoms with Crippen molar-refractivity contribution in [2.75, 3.05) is 31.6 Å². The fourth-order valence-electron chi connectivity index (χ4n) is 4.60. The number of unbranched alkanes of at least 4 members (excludes halogenated alkanes) is 3. The van der Waals surface area contributed by atoms with Crippen LogP contribution in [0, 0.1) is 0 Å². The Morgan fingerprint density at radius 1 is 1.03 bits per heavy atom. The van der Waals surface area contributed by atoms with Crippen LogP contribution in [0.25, 0.3) is 22.0 Å². The van der Waals surface area contributed by atoms with Gasteiger partial charge < -0.3 is 14.8 Å². The maximum absolute atomic E-state index is 13.5. The first-order chi connectivity index (χ1) is 17.0. The highest BCUT2D eigenvalue weighted by atomic mass is 16.5. The number of fused-ring (bicyclic) bond motifs is 1. The van der Waals surface area contributed by atoms with Gasteiger partial charge in [-0.2, -0.15) is 0 Å². The summed E-state index contributed by atoms with van der Waals surface area (Å²) in [4.78, 5) is 32.0. The molecular formula is C28H34N4O3. The molecule has 1 aromatic heterocycles. The molecule has 2 amide bonds. The fourth-order valence-corrected chi connectivity index (χ4v) is 4.60. The number of amides is 2. The molecule has 2 aromatic carbocycles. The number of likely N-dealkylation sites (N-methyl/N-ethyl adjacent to an activating group) is 1. The van der Waals surface area contributed by atoms with Gasteiger partial charge in [0.1, 0.15) is 0 Å². The number of aromatic nitrogens is 1. The molecule has 7 heteroatoms. The summed E-state index contributed by atoms with van der Waals surface area (Å²) >= 11 is 0. The second-order valence-electron chi connectivity index (χ2n) is 9.24. The SMILES string of the molecule is CN1CCC=C(C(=O)N(CCCCCCC(=O)NO)c2ccc(-c3ccc4cc[nH]c4c3)cc2)C1. The normalized spacial score (nSPS) is 14.1. The van der Waals surface area contributed by atoms with E-state index in [0.717, 1.165) is 66.6 Å². The molecule has 7 nitrogen and oxygen atoms in total. The third-order valence-corrected chi connectivity index (χ3v) is 6.59. The lowest BCUT2D eigenvalue weighted by Crippen LogP contribution is -2.38. The van der Waals surface area contributed by atoms with Gasteiger partial charge in [-0.3, -0.25) is 14.8 Å². The predicted molar refractivity (Wildman–Crippen MR) is 139 cm³/mol. The lowest BCUT2D eigenvalue weighted by molar-refractivity contribution is -0.129. The first kappa shape index (κ1) is 24.7. The highest BCUT2D eigenvalue weighted by Crippen LogP contribution is 2.27. The van der Waals surface area contributed by atoms with Gasteiger partial charge in [-0.1, -0.05) is 43.2 Å². The topological polar surface area (TPSA) is 88.7 Å². The third kappa shape index (κ3) is 6.38. The summed E-state index contributed by atoms with van der Waals surface area (Å²) in [6.45, 7) is 2.26. The van der Waals surface area contributed by atoms with E-state index in [9.17, 15) is 9.59 Å². The molecule has 0 spiro atoms. The molecule has 4 rings (SSSR count). The van der Waals surface area contributed by atoms with E-state index >= 15 is 0 Å². The van der Waals surface area contributed by atoms with E-state index in [-0.39, 0.29) is 11.8 Å². The minimum absolute atomic E-state index is 0.0664. The molecule has 0 radical (unpaired) electrons. The zero-order valence-electron chi connectivity index (χ0n) is 20.3. The number of carbonyl (C=O) groups is 2. The number of hydroxylamine groups is 1. The average Bonchev–Trinajstić information content (AvgIpc) is 3.36. The largest absolute Gasteiger partial charge is 0.361 e. The van der Waals surface area contributed by atoms with E-state index < -0.39 is 0 Å². The van der Waals surface area contributed by atoms with Crippen molar-refractivity contribution in [3.63, 3.8) is 0 Å². The monoisotopic (exact) mass is 474 g/mol. The number of carbonyl (C=O) groups excluding carboxylic acids is 2. The smallest absolute Gasteiger partial charge is 0.255 e. The van der Waals surface area contributed by atoms with Crippen LogP contribution < -0.4 is 10.4 Å². The Balaban J connectivity index is 1.46. The highest BCUT2D eigenvalue weighted by Gasteiger charge is 2.22. The quantitative estimate of drug-likeness (QED) is 0.222. The first-order valence-corrected chi connectivity index (χ1v) is 12.3. The number of H-pyrrole nitrogens is 1. The van der Waals surface area contributed by atoms with Gasteiger partial charge in [-0.25, -0.2) is 5.48 Å². The van der Waals surface area contributed by atoms with Crippen molar-refractivity contribution >= 4 is 28.4 Å². The Bertz CT molecular complexity index is 1180. The second-order valence-corrected chi connectivity index (χ2v) is 9.24. The van der Waals surface area contributed by atoms with Crippen LogP contribution in [0.4, 0.5) is 5.69 Å². The van der Waals surface area contributed by atoms with Crippen molar-refractivity contribution in [3.05, 3.63) is 66.4 Å². The molecule has 184 valence electrons. The van der Waals surface area contributed by atoms with Gasteiger partial charge in [0.05, 0.1) is 0 Å². The molecule has 0 unspecified atom stereocenters. The molecule has 1 aliphatic rings. The Hall–Kier alpha value is -3.42. The Labute approximate surface area is 206 Å². The number of anilines is 1. The van der Waals surface area contributed by atoms with Crippen LogP contribution in [-0.4, -0.2) is 53.6 Å². The van der Waals surface area contributed by atoms with E-state index in [1.165, 1.54) is 5.39 Å². The Morgan fingerprint density at radius 2 is 1.80 bits per heavy atom. The van der Waals surface area contributed by atoms with Gasteiger partial charge >= 0.3 is 0 Å². The van der Waals surface area contributed by atoms with Crippen LogP contribution in [-0.2, 0) is 9.59 Å². The Kier molecular flexibility index (Phi) is 8.34. The molecule has 0 saturated carbocycles. The number of rotatable bonds is 10. The van der Waals surface area contributed by atoms with Crippen LogP contribution in [0.2, 0.25) is 0 Å². The number of benzene rings is 2. The van der Waals surface area contributed by atoms with Crippen molar-refractivity contribution in [2.24, 2.45) is 0 Å². The number of nitrogens with one attached hydrogen (secondary N) is 2. The molecule has 0 fully saturated rings. The minimum Gasteiger partial charge on any atom is -0.361 e. The highest BCUT2D eigenvalue weighted by molar-refractivity contribution is 6.06. The maximum atomic E-state index is 13.5. The van der Waals surface area contributed by atoms with Crippen molar-refractivity contribution in [2.45, 2.75) is 38.5 Å². The number of hydrogen-bond donors (Lipinski definition) is 3. The van der Waals surface area contributed by atoms with Crippen LogP contribution in [0.15, 0.2) is 66.4 Å². The molecule has 0 atom stereocenters. The summed E-state index contributed by atoms with van der Waals surface area (Å²) in [5.74, 6) is -0.289. The molecular weight excluding hydrogens is 440 g/mol. The van der Waals surface area contributed by atoms with E-state index in [2.05, 4.69) is 52.4 Å². The summed E-state index contributed by atoms with van der Waals surface area (Å²) in [6.07, 6.45) is 8.57. The van der Waals surface area contributed by atoms with Gasteiger partial charge in [0, 0.05) is 49.0 Å². The van der Waals surface area contributed by atoms with Crippen LogP contribution in [0.1, 0.15) is 38.5 Å². The van der Waals surface area contributed by atoms with Crippen molar-refractivity contribution in [1.82, 2.24) is 15.4 Å². The van der Waals surface area contributed by atoms with Gasteiger partial charge in [0.2, 0.25) is 5.91 Å². The van der Waals surface area contributed by atoms with Crippen LogP contribution >= 0.6 is 0 Å². The Morgan fingerprint density at radius 3 is 2.57 bits per heavy atom. The van der Waals surface area contributed by atoms with Gasteiger partial charge in [0.25, 0.3) is 5.91 Å². The molecule has 0 saturated heterocycles. The zero-order valence-corrected chi connectivity index (χ0v) is 20.3. The summed E-state index contributed by atoms with van der Waals surface area (Å²) in [7, 11) is 2.04. The molecule has 1 aliphatic heterocycles. The summed E-state index contributed by atoms with van der Waals surface area (Å²) in [6, 6.07) is 16.7. The minimum atomic E-state index is -0.356. The molecule has 0 bridgehead atoms. The molecule has 0 aliphatic carbocycles. The lowest BCUT2D eigenvalue weighted by Gasteiger charge is -2.28. The second kappa shape index (κ2) is 11.8. The molecule has 3 N–H and O–H groups in total. The fraction of sp³-hybridized carbons (Fsp3) is 0.357. The average molecular weight is 475 g/mol. The van der Waals surface area contributed by atoms with Crippen LogP contribution in [0.3, 0.4) is 0 Å². The number of hydrogen-bond acceptors (Lipinski definition) is 4. The standard InChI is InChI=1S/C28H34N4O3/c1-31-17-6-7-24(20-31)28(34)32(18-5-3-2-4-8-27(33)30-35)25-13-11-21(12-14-25)23-10-9-22-15-16-29-26(22)19-23/h7,9-16,19,29,35H,2-6,8,17-18,20H2,1H3,(H,30,33). The lowest BCUT2D eigenvalue weighted by atomic mass is 10.0. The van der Waals surface area contributed by atoms with Crippen LogP contribution in [0.5, 0.6) is 0 Å². The molecule has 35 heavy (non-hydrogen) atoms. The van der Waals surface area contributed by atoms with Crippen molar-refractivity contribution in [3.8, 4) is 11.1 Å². The van der Waals surface area contributed by atoms with Gasteiger partial charge in [-0.15, -0.1) is 0 Å². The van der Waals surface area contributed by atoms with E-state index in [0.29, 0.717) is 19.5 Å². The first-order valence-electron chi connectivity index (χ1n) is 12.3. The maximum Gasteiger partial charge on any atom is 0.255 e. The molecule has 3 aromatic rings. The summed E-state index contributed by atoms with van der Waals surface area (Å²) < 4.78 is 0. The van der Waals surface area contributed by atoms with Crippen molar-refractivity contribution in [1.29, 1.82) is 0 Å². The van der Waals surface area contributed by atoms with Gasteiger partial charge in [0.15, 0.2) is 0 Å². The van der Waals surface area contributed by atoms with E-state index in [1.807, 2.05) is 30.3 Å². The molecule has 2 heterocycles. The summed E-state index contributed by atoms with van der Waals surface area (Å²) in [5, 5.41) is 9.80. The third-order valence-electron chi connectivity index (χ3n) is 6.59. The summed E-state index contributed by atoms with van der Waals surface area (Å²) in [5.41, 5.74) is 6.76. The van der Waals surface area contributed by atoms with Crippen molar-refractivity contribution < 1.29 is 14.8 Å². The van der Waals surface area contributed by atoms with E-state index in [1.54, 1.807) is 5.48 Å². The van der Waals surface area contributed by atoms with E-state index in [4.69, 9.17) is 5.21 Å². The number of aromatic amines is 1. The van der Waals surface area contributed by atoms with Gasteiger partial charge in [-0.05, 0) is 67.1 Å².